The maximum Gasteiger partial charge on any atom is 0.331 e. The van der Waals surface area contributed by atoms with Crippen molar-refractivity contribution in [3.63, 3.8) is 0 Å². The Hall–Kier alpha value is -2.08. The Labute approximate surface area is 138 Å². The van der Waals surface area contributed by atoms with Crippen molar-refractivity contribution in [2.75, 3.05) is 0 Å². The van der Waals surface area contributed by atoms with E-state index >= 15 is 0 Å². The van der Waals surface area contributed by atoms with Crippen molar-refractivity contribution in [3.8, 4) is 0 Å². The van der Waals surface area contributed by atoms with Crippen LogP contribution in [0.15, 0.2) is 27.8 Å². The monoisotopic (exact) mass is 337 g/mol. The Morgan fingerprint density at radius 2 is 1.96 bits per heavy atom. The van der Waals surface area contributed by atoms with Crippen LogP contribution < -0.4 is 16.6 Å². The second-order valence-corrected chi connectivity index (χ2v) is 6.15. The molecule has 0 saturated heterocycles. The van der Waals surface area contributed by atoms with Gasteiger partial charge in [-0.3, -0.25) is 18.7 Å². The maximum absolute atomic E-state index is 12.6. The molecule has 1 N–H and O–H groups in total. The van der Waals surface area contributed by atoms with Crippen LogP contribution in [0.1, 0.15) is 27.2 Å². The number of fused-ring (bicyclic) bond motifs is 1. The largest absolute Gasteiger partial charge is 0.352 e. The van der Waals surface area contributed by atoms with Crippen LogP contribution in [0.3, 0.4) is 0 Å². The number of hydrogen-bond acceptors (Lipinski definition) is 3. The van der Waals surface area contributed by atoms with Gasteiger partial charge in [0.05, 0.1) is 10.9 Å². The average Bonchev–Trinajstić information content (AvgIpc) is 2.47. The number of nitrogens with one attached hydrogen (secondary N) is 1. The zero-order chi connectivity index (χ0) is 17.1. The van der Waals surface area contributed by atoms with Gasteiger partial charge in [0, 0.05) is 17.6 Å². The highest BCUT2D eigenvalue weighted by Crippen LogP contribution is 2.15. The van der Waals surface area contributed by atoms with Crippen LogP contribution in [-0.2, 0) is 17.9 Å². The lowest BCUT2D eigenvalue weighted by Gasteiger charge is -2.15. The van der Waals surface area contributed by atoms with E-state index in [1.807, 2.05) is 20.8 Å². The molecule has 0 radical (unpaired) electrons. The van der Waals surface area contributed by atoms with Gasteiger partial charge in [0.25, 0.3) is 5.56 Å². The second kappa shape index (κ2) is 7.00. The predicted octanol–water partition coefficient (Wildman–Crippen LogP) is 1.75. The Morgan fingerprint density at radius 1 is 1.26 bits per heavy atom. The first-order valence-corrected chi connectivity index (χ1v) is 7.95. The molecule has 2 aromatic rings. The molecule has 0 aliphatic heterocycles. The predicted molar refractivity (Wildman–Crippen MR) is 91.0 cm³/mol. The minimum Gasteiger partial charge on any atom is -0.352 e. The van der Waals surface area contributed by atoms with Crippen molar-refractivity contribution in [1.82, 2.24) is 14.5 Å². The molecule has 0 saturated carbocycles. The number of carbonyl (C=O) groups is 1. The van der Waals surface area contributed by atoms with Crippen LogP contribution in [0.5, 0.6) is 0 Å². The summed E-state index contributed by atoms with van der Waals surface area (Å²) in [7, 11) is 0. The standard InChI is InChI=1S/C16H20ClN3O3/c1-4-7-19-15(22)12-6-5-11(17)8-13(12)20(16(19)23)9-14(21)18-10(2)3/h5-6,8,10H,4,7,9H2,1-3H3,(H,18,21). The maximum atomic E-state index is 12.6. The van der Waals surface area contributed by atoms with Crippen LogP contribution >= 0.6 is 11.6 Å². The number of amides is 1. The zero-order valence-corrected chi connectivity index (χ0v) is 14.2. The average molecular weight is 338 g/mol. The Morgan fingerprint density at radius 3 is 2.57 bits per heavy atom. The SMILES string of the molecule is CCCn1c(=O)c2ccc(Cl)cc2n(CC(=O)NC(C)C)c1=O. The smallest absolute Gasteiger partial charge is 0.331 e. The van der Waals surface area contributed by atoms with E-state index in [4.69, 9.17) is 11.6 Å². The molecule has 6 nitrogen and oxygen atoms in total. The highest BCUT2D eigenvalue weighted by molar-refractivity contribution is 6.31. The fourth-order valence-corrected chi connectivity index (χ4v) is 2.64. The molecule has 1 aromatic heterocycles. The van der Waals surface area contributed by atoms with Gasteiger partial charge in [0.2, 0.25) is 5.91 Å². The molecular weight excluding hydrogens is 318 g/mol. The first kappa shape index (κ1) is 17.3. The van der Waals surface area contributed by atoms with E-state index in [1.165, 1.54) is 9.13 Å². The molecule has 0 fully saturated rings. The second-order valence-electron chi connectivity index (χ2n) is 5.71. The van der Waals surface area contributed by atoms with E-state index in [0.717, 1.165) is 0 Å². The zero-order valence-electron chi connectivity index (χ0n) is 13.4. The number of nitrogens with zero attached hydrogens (tertiary/aromatic N) is 2. The molecule has 0 unspecified atom stereocenters. The number of rotatable bonds is 5. The molecular formula is C16H20ClN3O3. The summed E-state index contributed by atoms with van der Waals surface area (Å²) in [6.45, 7) is 5.72. The third-order valence-electron chi connectivity index (χ3n) is 3.39. The Bertz CT molecular complexity index is 852. The quantitative estimate of drug-likeness (QED) is 0.903. The summed E-state index contributed by atoms with van der Waals surface area (Å²) < 4.78 is 2.47. The number of hydrogen-bond donors (Lipinski definition) is 1. The van der Waals surface area contributed by atoms with E-state index in [9.17, 15) is 14.4 Å². The van der Waals surface area contributed by atoms with Gasteiger partial charge < -0.3 is 5.32 Å². The van der Waals surface area contributed by atoms with E-state index in [2.05, 4.69) is 5.32 Å². The lowest BCUT2D eigenvalue weighted by Crippen LogP contribution is -2.43. The molecule has 0 aliphatic rings. The molecule has 2 rings (SSSR count). The molecule has 7 heteroatoms. The van der Waals surface area contributed by atoms with Crippen molar-refractivity contribution < 1.29 is 4.79 Å². The summed E-state index contributed by atoms with van der Waals surface area (Å²) >= 11 is 5.99. The summed E-state index contributed by atoms with van der Waals surface area (Å²) in [6, 6.07) is 4.70. The van der Waals surface area contributed by atoms with Crippen LogP contribution in [0.4, 0.5) is 0 Å². The van der Waals surface area contributed by atoms with Crippen LogP contribution in [0, 0.1) is 0 Å². The number of benzene rings is 1. The molecule has 0 atom stereocenters. The molecule has 0 bridgehead atoms. The third kappa shape index (κ3) is 3.64. The Balaban J connectivity index is 2.69. The minimum atomic E-state index is -0.495. The normalized spacial score (nSPS) is 11.2. The summed E-state index contributed by atoms with van der Waals surface area (Å²) in [5.41, 5.74) is -0.478. The minimum absolute atomic E-state index is 0.0328. The van der Waals surface area contributed by atoms with Crippen molar-refractivity contribution in [3.05, 3.63) is 44.1 Å². The fraction of sp³-hybridized carbons (Fsp3) is 0.438. The van der Waals surface area contributed by atoms with Crippen LogP contribution in [-0.4, -0.2) is 21.1 Å². The highest BCUT2D eigenvalue weighted by atomic mass is 35.5. The van der Waals surface area contributed by atoms with E-state index in [0.29, 0.717) is 28.9 Å². The number of halogens is 1. The topological polar surface area (TPSA) is 73.1 Å². The van der Waals surface area contributed by atoms with Crippen molar-refractivity contribution in [2.45, 2.75) is 46.3 Å². The molecule has 23 heavy (non-hydrogen) atoms. The Kier molecular flexibility index (Phi) is 5.26. The lowest BCUT2D eigenvalue weighted by atomic mass is 10.2. The molecule has 0 aliphatic carbocycles. The molecule has 124 valence electrons. The number of carbonyl (C=O) groups excluding carboxylic acids is 1. The fourth-order valence-electron chi connectivity index (χ4n) is 2.47. The van der Waals surface area contributed by atoms with E-state index < -0.39 is 5.69 Å². The number of aromatic nitrogens is 2. The lowest BCUT2D eigenvalue weighted by molar-refractivity contribution is -0.122. The highest BCUT2D eigenvalue weighted by Gasteiger charge is 2.15. The summed E-state index contributed by atoms with van der Waals surface area (Å²) in [5.74, 6) is -0.287. The van der Waals surface area contributed by atoms with Crippen molar-refractivity contribution in [1.29, 1.82) is 0 Å². The molecule has 1 heterocycles. The van der Waals surface area contributed by atoms with Crippen molar-refractivity contribution in [2.24, 2.45) is 0 Å². The first-order valence-electron chi connectivity index (χ1n) is 7.57. The summed E-state index contributed by atoms with van der Waals surface area (Å²) in [6.07, 6.45) is 0.645. The van der Waals surface area contributed by atoms with Gasteiger partial charge in [-0.2, -0.15) is 0 Å². The molecule has 1 aromatic carbocycles. The van der Waals surface area contributed by atoms with Gasteiger partial charge in [0.15, 0.2) is 0 Å². The van der Waals surface area contributed by atoms with Gasteiger partial charge >= 0.3 is 5.69 Å². The third-order valence-corrected chi connectivity index (χ3v) is 3.62. The first-order chi connectivity index (χ1) is 10.8. The van der Waals surface area contributed by atoms with Crippen LogP contribution in [0.25, 0.3) is 10.9 Å². The van der Waals surface area contributed by atoms with Gasteiger partial charge in [-0.15, -0.1) is 0 Å². The molecule has 1 amide bonds. The van der Waals surface area contributed by atoms with E-state index in [-0.39, 0.29) is 24.1 Å². The van der Waals surface area contributed by atoms with Gasteiger partial charge in [0.1, 0.15) is 6.54 Å². The van der Waals surface area contributed by atoms with E-state index in [1.54, 1.807) is 18.2 Å². The summed E-state index contributed by atoms with van der Waals surface area (Å²) in [4.78, 5) is 37.2. The van der Waals surface area contributed by atoms with Crippen molar-refractivity contribution >= 4 is 28.4 Å². The van der Waals surface area contributed by atoms with Gasteiger partial charge in [-0.05, 0) is 38.5 Å². The van der Waals surface area contributed by atoms with Gasteiger partial charge in [-0.25, -0.2) is 4.79 Å². The van der Waals surface area contributed by atoms with Gasteiger partial charge in [-0.1, -0.05) is 18.5 Å². The van der Waals surface area contributed by atoms with Crippen LogP contribution in [0.2, 0.25) is 5.02 Å². The summed E-state index contributed by atoms with van der Waals surface area (Å²) in [5, 5.41) is 3.52. The molecule has 0 spiro atoms.